The van der Waals surface area contributed by atoms with Crippen LogP contribution in [-0.4, -0.2) is 86.3 Å². The van der Waals surface area contributed by atoms with E-state index in [0.717, 1.165) is 34.2 Å². The summed E-state index contributed by atoms with van der Waals surface area (Å²) in [6, 6.07) is 9.72. The Bertz CT molecular complexity index is 1890. The molecule has 1 aliphatic heterocycles. The van der Waals surface area contributed by atoms with Crippen molar-refractivity contribution >= 4 is 41.8 Å². The van der Waals surface area contributed by atoms with Crippen LogP contribution in [0.1, 0.15) is 127 Å². The highest BCUT2D eigenvalue weighted by molar-refractivity contribution is 5.93. The largest absolute Gasteiger partial charge is 0.463 e. The Kier molecular flexibility index (Phi) is 17.4. The van der Waals surface area contributed by atoms with E-state index in [9.17, 15) is 28.8 Å². The minimum absolute atomic E-state index is 0.0516. The van der Waals surface area contributed by atoms with Crippen LogP contribution in [0.2, 0.25) is 0 Å². The number of likely N-dealkylation sites (N-methyl/N-ethyl adjacent to an activating group) is 1. The number of esters is 4. The van der Waals surface area contributed by atoms with Crippen LogP contribution in [0, 0.1) is 12.3 Å². The van der Waals surface area contributed by atoms with Crippen LogP contribution in [0.5, 0.6) is 5.75 Å². The van der Waals surface area contributed by atoms with E-state index in [1.54, 1.807) is 34.7 Å². The highest BCUT2D eigenvalue weighted by Gasteiger charge is 2.45. The Labute approximate surface area is 348 Å². The fraction of sp³-hybridized carbons (Fsp3) is 0.556. The molecule has 2 amide bonds. The first-order valence-corrected chi connectivity index (χ1v) is 20.1. The number of aryl methyl sites for hydroxylation is 1. The third-order valence-corrected chi connectivity index (χ3v) is 10.2. The van der Waals surface area contributed by atoms with Gasteiger partial charge < -0.3 is 39.6 Å². The minimum atomic E-state index is -1.12. The van der Waals surface area contributed by atoms with E-state index >= 15 is 0 Å². The molecule has 5 atom stereocenters. The Morgan fingerprint density at radius 2 is 1.56 bits per heavy atom. The maximum Gasteiger partial charge on any atom is 0.308 e. The molecule has 2 aromatic rings. The maximum atomic E-state index is 13.4. The quantitative estimate of drug-likeness (QED) is 0.0739. The topological polar surface area (TPSA) is 185 Å². The highest BCUT2D eigenvalue weighted by atomic mass is 16.6. The summed E-state index contributed by atoms with van der Waals surface area (Å²) < 4.78 is 29.0. The van der Waals surface area contributed by atoms with Crippen molar-refractivity contribution in [3.63, 3.8) is 0 Å². The molecular weight excluding hydrogens is 759 g/mol. The molecule has 1 heterocycles. The monoisotopic (exact) mass is 821 g/mol. The van der Waals surface area contributed by atoms with E-state index in [4.69, 9.17) is 23.7 Å². The van der Waals surface area contributed by atoms with Gasteiger partial charge in [0.2, 0.25) is 11.8 Å². The Hall–Kier alpha value is -5.08. The molecule has 0 bridgehead atoms. The number of nitrogens with one attached hydrogen (secondary N) is 3. The molecule has 0 aromatic heterocycles. The number of hydrogen-bond acceptors (Lipinski definition) is 12. The normalized spacial score (nSPS) is 18.7. The van der Waals surface area contributed by atoms with Crippen molar-refractivity contribution in [2.45, 2.75) is 131 Å². The van der Waals surface area contributed by atoms with Gasteiger partial charge in [0.05, 0.1) is 11.5 Å². The van der Waals surface area contributed by atoms with Crippen molar-refractivity contribution in [1.82, 2.24) is 16.0 Å². The van der Waals surface area contributed by atoms with Gasteiger partial charge in [0.1, 0.15) is 30.1 Å². The second kappa shape index (κ2) is 21.3. The lowest BCUT2D eigenvalue weighted by molar-refractivity contribution is -0.214. The Morgan fingerprint density at radius 3 is 2.14 bits per heavy atom. The number of rotatable bonds is 18. The summed E-state index contributed by atoms with van der Waals surface area (Å²) in [4.78, 5) is 75.1. The van der Waals surface area contributed by atoms with Crippen molar-refractivity contribution in [3.05, 3.63) is 69.8 Å². The molecule has 2 aromatic carbocycles. The van der Waals surface area contributed by atoms with Crippen molar-refractivity contribution in [2.75, 3.05) is 26.7 Å². The van der Waals surface area contributed by atoms with E-state index in [1.807, 2.05) is 49.4 Å². The molecule has 0 radical (unpaired) electrons. The number of carbonyl (C=O) groups excluding carboxylic acids is 6. The number of ether oxygens (including phenoxy) is 5. The highest BCUT2D eigenvalue weighted by Crippen LogP contribution is 2.43. The van der Waals surface area contributed by atoms with Crippen LogP contribution in [-0.2, 0) is 54.1 Å². The predicted octanol–water partition coefficient (Wildman–Crippen LogP) is 5.55. The lowest BCUT2D eigenvalue weighted by atomic mass is 9.84. The van der Waals surface area contributed by atoms with E-state index in [2.05, 4.69) is 29.8 Å². The van der Waals surface area contributed by atoms with Gasteiger partial charge >= 0.3 is 23.9 Å². The number of carbonyl (C=O) groups is 6. The lowest BCUT2D eigenvalue weighted by Gasteiger charge is -2.41. The molecule has 0 saturated carbocycles. The Morgan fingerprint density at radius 1 is 0.881 bits per heavy atom. The van der Waals surface area contributed by atoms with Gasteiger partial charge in [0.15, 0.2) is 6.10 Å². The summed E-state index contributed by atoms with van der Waals surface area (Å²) in [6.07, 6.45) is 1.12. The molecular formula is C45H63N3O11. The van der Waals surface area contributed by atoms with Crippen molar-refractivity contribution in [1.29, 1.82) is 0 Å². The molecule has 14 heteroatoms. The maximum absolute atomic E-state index is 13.4. The zero-order valence-corrected chi connectivity index (χ0v) is 36.7. The average molecular weight is 822 g/mol. The van der Waals surface area contributed by atoms with E-state index in [1.165, 1.54) is 27.7 Å². The standard InChI is InChI=1S/C45H63N3O11/c1-13-26(2)36-24-38(56-29(5)50)37(40-41(58-31(7)52)39(57-30(6)51)23-35(59-40)25-55-28(4)49)22-34(36)21-33-15-14-32(20-27(33)3)16-17-44(8,9)42(53)48-45(10,11)43(54)47-19-18-46-12/h14-17,20,22,24,26,35,39-41,46H,13,18-19,21,23,25H2,1-12H3,(H,47,54)(H,48,53). The van der Waals surface area contributed by atoms with Gasteiger partial charge in [-0.05, 0) is 100 Å². The number of hydrogen-bond donors (Lipinski definition) is 3. The molecule has 1 fully saturated rings. The first-order valence-electron chi connectivity index (χ1n) is 20.1. The van der Waals surface area contributed by atoms with Crippen LogP contribution in [0.4, 0.5) is 0 Å². The first-order chi connectivity index (χ1) is 27.6. The number of benzene rings is 2. The van der Waals surface area contributed by atoms with Crippen molar-refractivity contribution < 1.29 is 52.5 Å². The fourth-order valence-corrected chi connectivity index (χ4v) is 6.74. The van der Waals surface area contributed by atoms with Gasteiger partial charge in [-0.25, -0.2) is 0 Å². The first kappa shape index (κ1) is 48.3. The zero-order valence-electron chi connectivity index (χ0n) is 36.7. The summed E-state index contributed by atoms with van der Waals surface area (Å²) in [5.41, 5.74) is 3.06. The number of amides is 2. The summed E-state index contributed by atoms with van der Waals surface area (Å²) in [5.74, 6) is -2.65. The molecule has 0 spiro atoms. The van der Waals surface area contributed by atoms with Crippen LogP contribution < -0.4 is 20.7 Å². The van der Waals surface area contributed by atoms with Crippen LogP contribution in [0.3, 0.4) is 0 Å². The average Bonchev–Trinajstić information content (AvgIpc) is 3.14. The fourth-order valence-electron chi connectivity index (χ4n) is 6.74. The second-order valence-corrected chi connectivity index (χ2v) is 16.3. The van der Waals surface area contributed by atoms with Gasteiger partial charge in [-0.2, -0.15) is 0 Å². The minimum Gasteiger partial charge on any atom is -0.463 e. The molecule has 3 N–H and O–H groups in total. The van der Waals surface area contributed by atoms with E-state index in [0.29, 0.717) is 25.1 Å². The second-order valence-electron chi connectivity index (χ2n) is 16.3. The van der Waals surface area contributed by atoms with Gasteiger partial charge in [0.25, 0.3) is 0 Å². The third-order valence-electron chi connectivity index (χ3n) is 10.2. The summed E-state index contributed by atoms with van der Waals surface area (Å²) >= 11 is 0. The molecule has 14 nitrogen and oxygen atoms in total. The molecule has 0 aliphatic carbocycles. The summed E-state index contributed by atoms with van der Waals surface area (Å²) in [7, 11) is 1.80. The third kappa shape index (κ3) is 14.0. The molecule has 324 valence electrons. The van der Waals surface area contributed by atoms with Gasteiger partial charge in [0, 0.05) is 52.8 Å². The Balaban J connectivity index is 2.05. The summed E-state index contributed by atoms with van der Waals surface area (Å²) in [5, 5.41) is 8.68. The smallest absolute Gasteiger partial charge is 0.308 e. The van der Waals surface area contributed by atoms with E-state index < -0.39 is 59.2 Å². The summed E-state index contributed by atoms with van der Waals surface area (Å²) in [6.45, 7) is 19.0. The van der Waals surface area contributed by atoms with Crippen LogP contribution in [0.25, 0.3) is 6.08 Å². The van der Waals surface area contributed by atoms with E-state index in [-0.39, 0.29) is 36.5 Å². The van der Waals surface area contributed by atoms with Gasteiger partial charge in [-0.3, -0.25) is 28.8 Å². The molecule has 1 saturated heterocycles. The zero-order chi connectivity index (χ0) is 44.2. The van der Waals surface area contributed by atoms with Crippen LogP contribution >= 0.6 is 0 Å². The van der Waals surface area contributed by atoms with Crippen molar-refractivity contribution in [3.8, 4) is 5.75 Å². The molecule has 3 rings (SSSR count). The van der Waals surface area contributed by atoms with Crippen molar-refractivity contribution in [2.24, 2.45) is 5.41 Å². The lowest BCUT2D eigenvalue weighted by Crippen LogP contribution is -2.57. The van der Waals surface area contributed by atoms with Gasteiger partial charge in [-0.15, -0.1) is 0 Å². The molecule has 1 aliphatic rings. The van der Waals surface area contributed by atoms with Crippen LogP contribution in [0.15, 0.2) is 36.4 Å². The molecule has 59 heavy (non-hydrogen) atoms. The predicted molar refractivity (Wildman–Crippen MR) is 222 cm³/mol. The van der Waals surface area contributed by atoms with Gasteiger partial charge in [-0.1, -0.05) is 44.2 Å². The molecule has 5 unspecified atom stereocenters. The SMILES string of the molecule is CCC(C)c1cc(OC(C)=O)c(C2OC(COC(C)=O)CC(OC(C)=O)C2OC(C)=O)cc1Cc1ccc(C=CC(C)(C)C(=O)NC(C)(C)C(=O)NCCNC)cc1C.